The molecule has 0 aliphatic rings. The van der Waals surface area contributed by atoms with Gasteiger partial charge in [0.25, 0.3) is 5.91 Å². The van der Waals surface area contributed by atoms with Crippen molar-refractivity contribution >= 4 is 22.5 Å². The Morgan fingerprint density at radius 1 is 0.963 bits per heavy atom. The number of benzene rings is 2. The molecule has 2 aromatic carbocycles. The Kier molecular flexibility index (Phi) is 4.24. The third kappa shape index (κ3) is 3.34. The molecule has 2 heterocycles. The molecule has 1 N–H and O–H groups in total. The van der Waals surface area contributed by atoms with Gasteiger partial charge in [-0.15, -0.1) is 0 Å². The molecule has 0 fully saturated rings. The van der Waals surface area contributed by atoms with Crippen LogP contribution in [0, 0.1) is 13.8 Å². The average molecular weight is 355 g/mol. The number of carbonyl (C=O) groups is 1. The van der Waals surface area contributed by atoms with Gasteiger partial charge >= 0.3 is 0 Å². The average Bonchev–Trinajstić information content (AvgIpc) is 3.08. The van der Waals surface area contributed by atoms with Crippen molar-refractivity contribution in [1.29, 1.82) is 0 Å². The lowest BCUT2D eigenvalue weighted by molar-refractivity contribution is 0.102. The highest BCUT2D eigenvalue weighted by molar-refractivity contribution is 6.13. The topological polar surface area (TPSA) is 46.9 Å². The van der Waals surface area contributed by atoms with Crippen molar-refractivity contribution in [3.05, 3.63) is 83.6 Å². The van der Waals surface area contributed by atoms with Gasteiger partial charge in [0.05, 0.1) is 22.5 Å². The first-order valence-corrected chi connectivity index (χ1v) is 8.92. The largest absolute Gasteiger partial charge is 0.349 e. The molecule has 0 aliphatic carbocycles. The summed E-state index contributed by atoms with van der Waals surface area (Å²) in [6.07, 6.45) is 1.97. The van der Waals surface area contributed by atoms with Crippen LogP contribution in [0.15, 0.2) is 66.9 Å². The van der Waals surface area contributed by atoms with Crippen LogP contribution < -0.4 is 5.32 Å². The van der Waals surface area contributed by atoms with Crippen molar-refractivity contribution in [2.45, 2.75) is 13.8 Å². The summed E-state index contributed by atoms with van der Waals surface area (Å²) in [7, 11) is 1.97. The molecule has 0 saturated heterocycles. The molecule has 0 aliphatic heterocycles. The van der Waals surface area contributed by atoms with Gasteiger partial charge in [-0.2, -0.15) is 0 Å². The summed E-state index contributed by atoms with van der Waals surface area (Å²) in [6, 6.07) is 19.7. The third-order valence-electron chi connectivity index (χ3n) is 4.72. The number of nitrogens with one attached hydrogen (secondary N) is 1. The second-order valence-corrected chi connectivity index (χ2v) is 6.90. The van der Waals surface area contributed by atoms with Crippen LogP contribution in [0.3, 0.4) is 0 Å². The number of anilines is 1. The Labute approximate surface area is 158 Å². The van der Waals surface area contributed by atoms with Gasteiger partial charge in [-0.05, 0) is 56.3 Å². The minimum Gasteiger partial charge on any atom is -0.349 e. The Bertz CT molecular complexity index is 1140. The molecule has 0 bridgehead atoms. The van der Waals surface area contributed by atoms with Gasteiger partial charge in [-0.3, -0.25) is 4.79 Å². The SMILES string of the molecule is Cc1ccc(NC(=O)c2cc(-c3cccn3C)nc3ccc(C)cc23)cc1. The number of fused-ring (bicyclic) bond motifs is 1. The number of aryl methyl sites for hydroxylation is 3. The number of nitrogens with zero attached hydrogens (tertiary/aromatic N) is 2. The molecule has 4 aromatic rings. The molecule has 4 heteroatoms. The summed E-state index contributed by atoms with van der Waals surface area (Å²) in [5.74, 6) is -0.132. The predicted octanol–water partition coefficient (Wildman–Crippen LogP) is 5.11. The van der Waals surface area contributed by atoms with E-state index in [0.717, 1.165) is 39.1 Å². The van der Waals surface area contributed by atoms with E-state index in [4.69, 9.17) is 4.98 Å². The van der Waals surface area contributed by atoms with Crippen LogP contribution in [-0.2, 0) is 7.05 Å². The molecule has 27 heavy (non-hydrogen) atoms. The van der Waals surface area contributed by atoms with E-state index in [9.17, 15) is 4.79 Å². The summed E-state index contributed by atoms with van der Waals surface area (Å²) >= 11 is 0. The van der Waals surface area contributed by atoms with Gasteiger partial charge < -0.3 is 9.88 Å². The minimum absolute atomic E-state index is 0.132. The molecule has 4 rings (SSSR count). The first kappa shape index (κ1) is 17.0. The zero-order valence-corrected chi connectivity index (χ0v) is 15.7. The maximum Gasteiger partial charge on any atom is 0.256 e. The smallest absolute Gasteiger partial charge is 0.256 e. The van der Waals surface area contributed by atoms with E-state index >= 15 is 0 Å². The second kappa shape index (κ2) is 6.72. The summed E-state index contributed by atoms with van der Waals surface area (Å²) < 4.78 is 2.00. The van der Waals surface area contributed by atoms with Crippen molar-refractivity contribution in [2.75, 3.05) is 5.32 Å². The zero-order chi connectivity index (χ0) is 19.0. The van der Waals surface area contributed by atoms with Crippen molar-refractivity contribution in [2.24, 2.45) is 7.05 Å². The highest BCUT2D eigenvalue weighted by Gasteiger charge is 2.15. The number of pyridine rings is 1. The van der Waals surface area contributed by atoms with E-state index in [1.807, 2.05) is 92.3 Å². The Hall–Kier alpha value is -3.40. The monoisotopic (exact) mass is 355 g/mol. The molecule has 0 unspecified atom stereocenters. The fourth-order valence-corrected chi connectivity index (χ4v) is 3.22. The lowest BCUT2D eigenvalue weighted by Crippen LogP contribution is -2.13. The van der Waals surface area contributed by atoms with Crippen LogP contribution in [-0.4, -0.2) is 15.5 Å². The third-order valence-corrected chi connectivity index (χ3v) is 4.72. The summed E-state index contributed by atoms with van der Waals surface area (Å²) in [5.41, 5.74) is 6.23. The molecule has 0 saturated carbocycles. The van der Waals surface area contributed by atoms with Crippen molar-refractivity contribution in [3.8, 4) is 11.4 Å². The number of rotatable bonds is 3. The number of amides is 1. The van der Waals surface area contributed by atoms with Crippen molar-refractivity contribution in [3.63, 3.8) is 0 Å². The van der Waals surface area contributed by atoms with Crippen molar-refractivity contribution in [1.82, 2.24) is 9.55 Å². The second-order valence-electron chi connectivity index (χ2n) is 6.90. The summed E-state index contributed by atoms with van der Waals surface area (Å²) in [6.45, 7) is 4.04. The number of carbonyl (C=O) groups excluding carboxylic acids is 1. The predicted molar refractivity (Wildman–Crippen MR) is 110 cm³/mol. The summed E-state index contributed by atoms with van der Waals surface area (Å²) in [5, 5.41) is 3.87. The maximum absolute atomic E-state index is 13.1. The first-order valence-electron chi connectivity index (χ1n) is 8.92. The van der Waals surface area contributed by atoms with E-state index in [0.29, 0.717) is 5.56 Å². The van der Waals surface area contributed by atoms with Crippen LogP contribution >= 0.6 is 0 Å². The Morgan fingerprint density at radius 2 is 1.70 bits per heavy atom. The van der Waals surface area contributed by atoms with Crippen molar-refractivity contribution < 1.29 is 4.79 Å². The zero-order valence-electron chi connectivity index (χ0n) is 15.7. The van der Waals surface area contributed by atoms with Crippen LogP contribution in [0.1, 0.15) is 21.5 Å². The molecule has 134 valence electrons. The van der Waals surface area contributed by atoms with E-state index in [-0.39, 0.29) is 5.91 Å². The molecule has 0 atom stereocenters. The number of hydrogen-bond donors (Lipinski definition) is 1. The van der Waals surface area contributed by atoms with Gasteiger partial charge in [-0.25, -0.2) is 4.98 Å². The standard InChI is InChI=1S/C23H21N3O/c1-15-6-9-17(10-7-15)24-23(27)19-14-21(22-5-4-12-26(22)3)25-20-11-8-16(2)13-18(19)20/h4-14H,1-3H3,(H,24,27). The first-order chi connectivity index (χ1) is 13.0. The highest BCUT2D eigenvalue weighted by Crippen LogP contribution is 2.26. The fourth-order valence-electron chi connectivity index (χ4n) is 3.22. The number of hydrogen-bond acceptors (Lipinski definition) is 2. The van der Waals surface area contributed by atoms with E-state index in [2.05, 4.69) is 5.32 Å². The van der Waals surface area contributed by atoms with E-state index in [1.54, 1.807) is 0 Å². The van der Waals surface area contributed by atoms with Gasteiger partial charge in [0, 0.05) is 24.3 Å². The lowest BCUT2D eigenvalue weighted by Gasteiger charge is -2.12. The molecule has 2 aromatic heterocycles. The van der Waals surface area contributed by atoms with Gasteiger partial charge in [0.2, 0.25) is 0 Å². The molecule has 4 nitrogen and oxygen atoms in total. The van der Waals surface area contributed by atoms with Crippen LogP contribution in [0.5, 0.6) is 0 Å². The lowest BCUT2D eigenvalue weighted by atomic mass is 10.0. The molecule has 1 amide bonds. The van der Waals surface area contributed by atoms with Gasteiger partial charge in [0.15, 0.2) is 0 Å². The van der Waals surface area contributed by atoms with E-state index < -0.39 is 0 Å². The molecule has 0 radical (unpaired) electrons. The quantitative estimate of drug-likeness (QED) is 0.555. The van der Waals surface area contributed by atoms with Crippen LogP contribution in [0.2, 0.25) is 0 Å². The normalized spacial score (nSPS) is 10.9. The highest BCUT2D eigenvalue weighted by atomic mass is 16.1. The Morgan fingerprint density at radius 3 is 2.41 bits per heavy atom. The Balaban J connectivity index is 1.84. The molecular weight excluding hydrogens is 334 g/mol. The maximum atomic E-state index is 13.1. The van der Waals surface area contributed by atoms with Crippen LogP contribution in [0.25, 0.3) is 22.3 Å². The molecule has 0 spiro atoms. The van der Waals surface area contributed by atoms with Gasteiger partial charge in [-0.1, -0.05) is 29.3 Å². The van der Waals surface area contributed by atoms with E-state index in [1.165, 1.54) is 0 Å². The molecular formula is C23H21N3O. The number of aromatic nitrogens is 2. The minimum atomic E-state index is -0.132. The van der Waals surface area contributed by atoms with Gasteiger partial charge in [0.1, 0.15) is 0 Å². The fraction of sp³-hybridized carbons (Fsp3) is 0.130. The van der Waals surface area contributed by atoms with Crippen LogP contribution in [0.4, 0.5) is 5.69 Å². The summed E-state index contributed by atoms with van der Waals surface area (Å²) in [4.78, 5) is 17.9.